The molecule has 0 nitrogen and oxygen atoms in total. The second kappa shape index (κ2) is 6.20. The maximum absolute atomic E-state index is 2.16. The van der Waals surface area contributed by atoms with Crippen molar-refractivity contribution in [1.29, 1.82) is 0 Å². The summed E-state index contributed by atoms with van der Waals surface area (Å²) in [5.41, 5.74) is 3.98. The molecule has 0 aliphatic heterocycles. The molecule has 0 fully saturated rings. The van der Waals surface area contributed by atoms with Crippen LogP contribution in [0.4, 0.5) is 0 Å². The van der Waals surface area contributed by atoms with Crippen LogP contribution in [-0.2, 0) is 0 Å². The fraction of sp³-hybridized carbons (Fsp3) is 0.286. The van der Waals surface area contributed by atoms with Gasteiger partial charge in [-0.15, -0.1) is 0 Å². The van der Waals surface area contributed by atoms with Crippen LogP contribution in [0.1, 0.15) is 32.4 Å². The molecule has 0 aliphatic rings. The summed E-state index contributed by atoms with van der Waals surface area (Å²) in [4.78, 5) is 0. The van der Waals surface area contributed by atoms with Crippen molar-refractivity contribution >= 4 is 5.57 Å². The molecule has 0 N–H and O–H groups in total. The van der Waals surface area contributed by atoms with Crippen molar-refractivity contribution in [2.24, 2.45) is 0 Å². The first-order chi connectivity index (χ1) is 6.25. The van der Waals surface area contributed by atoms with E-state index in [2.05, 4.69) is 50.3 Å². The van der Waals surface area contributed by atoms with Crippen LogP contribution in [-0.4, -0.2) is 0 Å². The van der Waals surface area contributed by atoms with Crippen molar-refractivity contribution in [2.75, 3.05) is 0 Å². The van der Waals surface area contributed by atoms with E-state index in [0.717, 1.165) is 0 Å². The normalized spacial score (nSPS) is 11.5. The number of aryl methyl sites for hydroxylation is 1. The Morgan fingerprint density at radius 1 is 1.21 bits per heavy atom. The van der Waals surface area contributed by atoms with E-state index in [9.17, 15) is 0 Å². The first-order valence-corrected chi connectivity index (χ1v) is 4.61. The van der Waals surface area contributed by atoms with E-state index < -0.39 is 0 Å². The van der Waals surface area contributed by atoms with Gasteiger partial charge in [0.1, 0.15) is 0 Å². The van der Waals surface area contributed by atoms with Gasteiger partial charge in [0, 0.05) is 0 Å². The predicted octanol–water partition coefficient (Wildman–Crippen LogP) is 4.61. The highest BCUT2D eigenvalue weighted by Gasteiger charge is 1.96. The largest absolute Gasteiger partial charge is 0.0877 e. The van der Waals surface area contributed by atoms with Gasteiger partial charge in [-0.25, -0.2) is 0 Å². The summed E-state index contributed by atoms with van der Waals surface area (Å²) in [5.74, 6) is 0. The molecule has 0 heteroatoms. The summed E-state index contributed by atoms with van der Waals surface area (Å²) in [6, 6.07) is 8.45. The molecule has 0 bridgehead atoms. The smallest absolute Gasteiger partial charge is 0.0198 e. The molecule has 0 unspecified atom stereocenters. The molecule has 0 atom stereocenters. The lowest BCUT2D eigenvalue weighted by Gasteiger charge is -2.04. The van der Waals surface area contributed by atoms with Gasteiger partial charge in [-0.3, -0.25) is 0 Å². The minimum atomic E-state index is 0. The van der Waals surface area contributed by atoms with Crippen LogP contribution in [0.3, 0.4) is 0 Å². The highest BCUT2D eigenvalue weighted by Crippen LogP contribution is 2.17. The Balaban J connectivity index is 0.00000169. The van der Waals surface area contributed by atoms with Crippen LogP contribution in [0, 0.1) is 6.92 Å². The van der Waals surface area contributed by atoms with E-state index in [-0.39, 0.29) is 7.43 Å². The zero-order chi connectivity index (χ0) is 9.68. The topological polar surface area (TPSA) is 0 Å². The first kappa shape index (κ1) is 12.7. The van der Waals surface area contributed by atoms with Crippen LogP contribution in [0.15, 0.2) is 42.5 Å². The van der Waals surface area contributed by atoms with Gasteiger partial charge in [0.25, 0.3) is 0 Å². The summed E-state index contributed by atoms with van der Waals surface area (Å²) in [5, 5.41) is 0. The Morgan fingerprint density at radius 3 is 2.43 bits per heavy atom. The van der Waals surface area contributed by atoms with Crippen molar-refractivity contribution in [2.45, 2.75) is 28.2 Å². The molecule has 1 rings (SSSR count). The summed E-state index contributed by atoms with van der Waals surface area (Å²) < 4.78 is 0. The monoisotopic (exact) mass is 188 g/mol. The number of rotatable bonds is 2. The second-order valence-corrected chi connectivity index (χ2v) is 3.19. The van der Waals surface area contributed by atoms with Crippen LogP contribution in [0.2, 0.25) is 0 Å². The van der Waals surface area contributed by atoms with Gasteiger partial charge in [0.05, 0.1) is 0 Å². The van der Waals surface area contributed by atoms with Gasteiger partial charge < -0.3 is 0 Å². The van der Waals surface area contributed by atoms with Gasteiger partial charge in [0.2, 0.25) is 0 Å². The number of hydrogen-bond donors (Lipinski definition) is 0. The lowest BCUT2D eigenvalue weighted by molar-refractivity contribution is 1.41. The van der Waals surface area contributed by atoms with Crippen molar-refractivity contribution in [1.82, 2.24) is 0 Å². The van der Waals surface area contributed by atoms with E-state index in [0.29, 0.717) is 0 Å². The fourth-order valence-corrected chi connectivity index (χ4v) is 1.35. The van der Waals surface area contributed by atoms with E-state index in [4.69, 9.17) is 0 Å². The Morgan fingerprint density at radius 2 is 1.86 bits per heavy atom. The third-order valence-electron chi connectivity index (χ3n) is 2.11. The summed E-state index contributed by atoms with van der Waals surface area (Å²) >= 11 is 0. The molecule has 1 aromatic carbocycles. The summed E-state index contributed by atoms with van der Waals surface area (Å²) in [7, 11) is 0. The number of benzene rings is 1. The van der Waals surface area contributed by atoms with Gasteiger partial charge in [0.15, 0.2) is 0 Å². The average molecular weight is 188 g/mol. The maximum Gasteiger partial charge on any atom is -0.0198 e. The van der Waals surface area contributed by atoms with Crippen molar-refractivity contribution in [3.8, 4) is 0 Å². The molecule has 1 aromatic rings. The molecule has 0 saturated carbocycles. The maximum atomic E-state index is 2.16. The molecule has 0 amide bonds. The summed E-state index contributed by atoms with van der Waals surface area (Å²) in [6.45, 7) is 6.31. The van der Waals surface area contributed by atoms with Gasteiger partial charge in [-0.2, -0.15) is 0 Å². The molecular formula is C14H20. The lowest BCUT2D eigenvalue weighted by atomic mass is 10.0. The minimum absolute atomic E-state index is 0. The van der Waals surface area contributed by atoms with Gasteiger partial charge in [-0.05, 0) is 37.5 Å². The van der Waals surface area contributed by atoms with Crippen molar-refractivity contribution < 1.29 is 0 Å². The zero-order valence-corrected chi connectivity index (χ0v) is 8.54. The fourth-order valence-electron chi connectivity index (χ4n) is 1.35. The summed E-state index contributed by atoms with van der Waals surface area (Å²) in [6.07, 6.45) is 6.26. The van der Waals surface area contributed by atoms with Crippen LogP contribution in [0.25, 0.3) is 5.57 Å². The quantitative estimate of drug-likeness (QED) is 0.594. The SMILES string of the molecule is C.C/C=C\C=C(/C)c1ccccc1C. The Bertz CT molecular complexity index is 330. The molecule has 0 spiro atoms. The van der Waals surface area contributed by atoms with E-state index in [1.54, 1.807) is 0 Å². The zero-order valence-electron chi connectivity index (χ0n) is 8.54. The van der Waals surface area contributed by atoms with Crippen LogP contribution < -0.4 is 0 Å². The lowest BCUT2D eigenvalue weighted by Crippen LogP contribution is -1.83. The van der Waals surface area contributed by atoms with Gasteiger partial charge >= 0.3 is 0 Å². The average Bonchev–Trinajstić information content (AvgIpc) is 2.15. The van der Waals surface area contributed by atoms with Crippen LogP contribution in [0.5, 0.6) is 0 Å². The Labute approximate surface area is 88.0 Å². The molecule has 0 aliphatic carbocycles. The van der Waals surface area contributed by atoms with E-state index in [1.807, 2.05) is 13.0 Å². The molecule has 14 heavy (non-hydrogen) atoms. The minimum Gasteiger partial charge on any atom is -0.0877 e. The first-order valence-electron chi connectivity index (χ1n) is 4.61. The highest BCUT2D eigenvalue weighted by atomic mass is 14.0. The van der Waals surface area contributed by atoms with E-state index >= 15 is 0 Å². The predicted molar refractivity (Wildman–Crippen MR) is 66.4 cm³/mol. The third-order valence-corrected chi connectivity index (χ3v) is 2.11. The number of allylic oxidation sites excluding steroid dienone is 4. The molecule has 0 radical (unpaired) electrons. The standard InChI is InChI=1S/C13H16.CH4/c1-4-5-8-11(2)13-10-7-6-9-12(13)3;/h4-10H,1-3H3;1H4/b5-4-,11-8+;. The van der Waals surface area contributed by atoms with Crippen LogP contribution >= 0.6 is 0 Å². The Kier molecular flexibility index (Phi) is 5.62. The second-order valence-electron chi connectivity index (χ2n) is 3.19. The number of hydrogen-bond acceptors (Lipinski definition) is 0. The van der Waals surface area contributed by atoms with Gasteiger partial charge in [-0.1, -0.05) is 49.9 Å². The van der Waals surface area contributed by atoms with E-state index in [1.165, 1.54) is 16.7 Å². The molecule has 0 saturated heterocycles. The highest BCUT2D eigenvalue weighted by molar-refractivity contribution is 5.67. The third kappa shape index (κ3) is 3.21. The molecule has 76 valence electrons. The molecule has 0 heterocycles. The molecule has 0 aromatic heterocycles. The van der Waals surface area contributed by atoms with Crippen molar-refractivity contribution in [3.05, 3.63) is 53.6 Å². The molecular weight excluding hydrogens is 168 g/mol. The van der Waals surface area contributed by atoms with Crippen molar-refractivity contribution in [3.63, 3.8) is 0 Å². The Hall–Kier alpha value is -1.30.